The third-order valence-electron chi connectivity index (χ3n) is 6.74. The zero-order valence-corrected chi connectivity index (χ0v) is 18.5. The van der Waals surface area contributed by atoms with Gasteiger partial charge in [-0.05, 0) is 61.1 Å². The molecule has 2 aromatic carbocycles. The van der Waals surface area contributed by atoms with Crippen molar-refractivity contribution in [3.8, 4) is 5.75 Å². The number of fused-ring (bicyclic) bond motifs is 2. The van der Waals surface area contributed by atoms with Gasteiger partial charge in [-0.25, -0.2) is 9.18 Å². The first-order chi connectivity index (χ1) is 15.8. The number of benzene rings is 2. The van der Waals surface area contributed by atoms with Crippen LogP contribution in [-0.2, 0) is 21.5 Å². The number of carbonyl (C=O) groups excluding carboxylic acids is 3. The molecule has 0 unspecified atom stereocenters. The average molecular weight is 472 g/mol. The molecule has 1 spiro atoms. The molecule has 2 fully saturated rings. The quantitative estimate of drug-likeness (QED) is 0.673. The molecule has 3 aliphatic heterocycles. The van der Waals surface area contributed by atoms with Crippen molar-refractivity contribution in [3.05, 3.63) is 64.4 Å². The third kappa shape index (κ3) is 4.04. The highest BCUT2D eigenvalue weighted by Gasteiger charge is 2.55. The lowest BCUT2D eigenvalue weighted by atomic mass is 9.81. The Hall–Kier alpha value is -3.13. The summed E-state index contributed by atoms with van der Waals surface area (Å²) in [7, 11) is 0. The van der Waals surface area contributed by atoms with Crippen LogP contribution in [0.1, 0.15) is 30.4 Å². The Morgan fingerprint density at radius 2 is 1.88 bits per heavy atom. The lowest BCUT2D eigenvalue weighted by Gasteiger charge is -2.40. The molecule has 4 amide bonds. The molecule has 0 radical (unpaired) electrons. The predicted molar refractivity (Wildman–Crippen MR) is 118 cm³/mol. The first kappa shape index (κ1) is 21.7. The fraction of sp³-hybridized carbons (Fsp3) is 0.375. The summed E-state index contributed by atoms with van der Waals surface area (Å²) in [6.07, 6.45) is 1.58. The van der Waals surface area contributed by atoms with Crippen molar-refractivity contribution in [1.29, 1.82) is 0 Å². The summed E-state index contributed by atoms with van der Waals surface area (Å²) >= 11 is 5.96. The maximum Gasteiger partial charge on any atom is 0.322 e. The number of nitrogens with one attached hydrogen (secondary N) is 2. The number of ether oxygens (including phenoxy) is 1. The Balaban J connectivity index is 1.29. The second kappa shape index (κ2) is 8.33. The minimum absolute atomic E-state index is 0.0927. The molecule has 33 heavy (non-hydrogen) atoms. The number of hydrogen-bond acceptors (Lipinski definition) is 4. The number of piperidine rings is 1. The summed E-state index contributed by atoms with van der Waals surface area (Å²) in [6, 6.07) is 10.9. The molecule has 0 aromatic heterocycles. The van der Waals surface area contributed by atoms with Gasteiger partial charge in [0.1, 0.15) is 11.6 Å². The van der Waals surface area contributed by atoms with Gasteiger partial charge >= 0.3 is 6.03 Å². The van der Waals surface area contributed by atoms with E-state index in [9.17, 15) is 18.8 Å². The Kier molecular flexibility index (Phi) is 5.48. The normalized spacial score (nSPS) is 24.8. The maximum absolute atomic E-state index is 13.9. The molecule has 0 bridgehead atoms. The van der Waals surface area contributed by atoms with Gasteiger partial charge in [-0.1, -0.05) is 23.7 Å². The van der Waals surface area contributed by atoms with Gasteiger partial charge in [0.25, 0.3) is 11.8 Å². The molecule has 2 saturated heterocycles. The van der Waals surface area contributed by atoms with Crippen LogP contribution in [0.5, 0.6) is 5.75 Å². The van der Waals surface area contributed by atoms with Crippen LogP contribution in [0.4, 0.5) is 9.18 Å². The van der Waals surface area contributed by atoms with E-state index in [1.54, 1.807) is 4.90 Å². The molecular formula is C24H23ClFN3O4. The molecule has 2 aromatic rings. The van der Waals surface area contributed by atoms with E-state index in [2.05, 4.69) is 10.6 Å². The number of rotatable bonds is 3. The zero-order chi connectivity index (χ0) is 23.2. The van der Waals surface area contributed by atoms with Gasteiger partial charge in [-0.2, -0.15) is 0 Å². The number of nitrogens with zero attached hydrogens (tertiary/aromatic N) is 1. The molecule has 3 aliphatic rings. The van der Waals surface area contributed by atoms with Crippen molar-refractivity contribution in [3.63, 3.8) is 0 Å². The van der Waals surface area contributed by atoms with Crippen molar-refractivity contribution in [2.75, 3.05) is 13.1 Å². The van der Waals surface area contributed by atoms with E-state index in [4.69, 9.17) is 16.3 Å². The van der Waals surface area contributed by atoms with Crippen LogP contribution in [0, 0.1) is 11.7 Å². The second-order valence-electron chi connectivity index (χ2n) is 8.86. The zero-order valence-electron chi connectivity index (χ0n) is 17.8. The van der Waals surface area contributed by atoms with Crippen LogP contribution in [0.3, 0.4) is 0 Å². The summed E-state index contributed by atoms with van der Waals surface area (Å²) in [5.41, 5.74) is -0.0925. The Bertz CT molecular complexity index is 1120. The van der Waals surface area contributed by atoms with Crippen LogP contribution in [0.15, 0.2) is 42.5 Å². The number of halogens is 2. The third-order valence-corrected chi connectivity index (χ3v) is 7.00. The molecule has 172 valence electrons. The van der Waals surface area contributed by atoms with Gasteiger partial charge in [-0.15, -0.1) is 0 Å². The van der Waals surface area contributed by atoms with E-state index in [0.717, 1.165) is 19.3 Å². The summed E-state index contributed by atoms with van der Waals surface area (Å²) in [4.78, 5) is 39.7. The molecule has 3 heterocycles. The minimum atomic E-state index is -1.53. The van der Waals surface area contributed by atoms with Gasteiger partial charge in [0.15, 0.2) is 11.6 Å². The topological polar surface area (TPSA) is 87.7 Å². The lowest BCUT2D eigenvalue weighted by molar-refractivity contribution is -0.143. The highest BCUT2D eigenvalue weighted by atomic mass is 35.5. The van der Waals surface area contributed by atoms with Crippen molar-refractivity contribution >= 4 is 29.4 Å². The highest BCUT2D eigenvalue weighted by Crippen LogP contribution is 2.42. The Morgan fingerprint density at radius 3 is 2.55 bits per heavy atom. The number of hydrogen-bond donors (Lipinski definition) is 2. The number of urea groups is 1. The molecule has 9 heteroatoms. The first-order valence-electron chi connectivity index (χ1n) is 11.0. The fourth-order valence-electron chi connectivity index (χ4n) is 5.00. The van der Waals surface area contributed by atoms with Crippen LogP contribution in [0.25, 0.3) is 0 Å². The second-order valence-corrected chi connectivity index (χ2v) is 9.30. The van der Waals surface area contributed by atoms with Crippen LogP contribution < -0.4 is 15.4 Å². The molecule has 5 rings (SSSR count). The molecule has 2 atom stereocenters. The summed E-state index contributed by atoms with van der Waals surface area (Å²) in [5.74, 6) is -0.725. The molecule has 7 nitrogen and oxygen atoms in total. The Morgan fingerprint density at radius 1 is 1.15 bits per heavy atom. The van der Waals surface area contributed by atoms with Gasteiger partial charge in [0.2, 0.25) is 0 Å². The molecule has 0 saturated carbocycles. The number of imide groups is 1. The van der Waals surface area contributed by atoms with E-state index in [1.807, 2.05) is 24.3 Å². The van der Waals surface area contributed by atoms with Gasteiger partial charge < -0.3 is 15.0 Å². The first-order valence-corrected chi connectivity index (χ1v) is 11.4. The maximum atomic E-state index is 13.9. The molecule has 2 N–H and O–H groups in total. The summed E-state index contributed by atoms with van der Waals surface area (Å²) in [5, 5.41) is 5.52. The van der Waals surface area contributed by atoms with E-state index >= 15 is 0 Å². The Labute approximate surface area is 195 Å². The number of amides is 4. The number of likely N-dealkylation sites (tertiary alicyclic amines) is 1. The molecule has 0 aliphatic carbocycles. The SMILES string of the molecule is O=C1NC(=O)[C@]2(C[C@H](C(=O)N3CCC(Cc4ccc(Cl)cc4)CC3)Oc3ccc(F)cc32)N1. The minimum Gasteiger partial charge on any atom is -0.480 e. The number of carbonyl (C=O) groups is 3. The van der Waals surface area contributed by atoms with Crippen LogP contribution >= 0.6 is 11.6 Å². The highest BCUT2D eigenvalue weighted by molar-refractivity contribution is 6.30. The van der Waals surface area contributed by atoms with Crippen molar-refractivity contribution in [1.82, 2.24) is 15.5 Å². The van der Waals surface area contributed by atoms with E-state index in [-0.39, 0.29) is 23.6 Å². The predicted octanol–water partition coefficient (Wildman–Crippen LogP) is 3.15. The van der Waals surface area contributed by atoms with Crippen LogP contribution in [0.2, 0.25) is 5.02 Å². The van der Waals surface area contributed by atoms with Gasteiger partial charge in [-0.3, -0.25) is 14.9 Å². The van der Waals surface area contributed by atoms with Crippen molar-refractivity contribution < 1.29 is 23.5 Å². The lowest BCUT2D eigenvalue weighted by Crippen LogP contribution is -2.55. The van der Waals surface area contributed by atoms with Crippen molar-refractivity contribution in [2.24, 2.45) is 5.92 Å². The van der Waals surface area contributed by atoms with Gasteiger partial charge in [0.05, 0.1) is 0 Å². The fourth-order valence-corrected chi connectivity index (χ4v) is 5.13. The monoisotopic (exact) mass is 471 g/mol. The standard InChI is InChI=1S/C24H23ClFN3O4/c25-16-3-1-14(2-4-16)11-15-7-9-29(10-8-15)21(30)20-13-24(22(31)27-23(32)28-24)18-12-17(26)5-6-19(18)33-20/h1-6,12,15,20H,7-11,13H2,(H2,27,28,31,32)/t20-,24-/m1/s1. The molecular weight excluding hydrogens is 449 g/mol. The average Bonchev–Trinajstić information content (AvgIpc) is 3.08. The van der Waals surface area contributed by atoms with E-state index in [1.165, 1.54) is 23.8 Å². The van der Waals surface area contributed by atoms with E-state index < -0.39 is 29.4 Å². The van der Waals surface area contributed by atoms with Crippen LogP contribution in [-0.4, -0.2) is 41.9 Å². The van der Waals surface area contributed by atoms with Crippen molar-refractivity contribution in [2.45, 2.75) is 37.3 Å². The largest absolute Gasteiger partial charge is 0.480 e. The van der Waals surface area contributed by atoms with E-state index in [0.29, 0.717) is 24.0 Å². The smallest absolute Gasteiger partial charge is 0.322 e. The summed E-state index contributed by atoms with van der Waals surface area (Å²) in [6.45, 7) is 1.16. The van der Waals surface area contributed by atoms with Gasteiger partial charge in [0, 0.05) is 30.1 Å². The summed E-state index contributed by atoms with van der Waals surface area (Å²) < 4.78 is 19.8.